The van der Waals surface area contributed by atoms with E-state index in [0.717, 1.165) is 51.8 Å². The Morgan fingerprint density at radius 2 is 0.871 bits per heavy atom. The van der Waals surface area contributed by atoms with Crippen LogP contribution in [0.5, 0.6) is 0 Å². The summed E-state index contributed by atoms with van der Waals surface area (Å²) in [5.74, 6) is -4.15. The van der Waals surface area contributed by atoms with Gasteiger partial charge >= 0.3 is 11.9 Å². The fourth-order valence-electron chi connectivity index (χ4n) is 12.4. The molecule has 4 bridgehead atoms. The number of fused-ring (bicyclic) bond motifs is 11. The molecule has 0 radical (unpaired) electrons. The number of anilines is 2. The molecular weight excluding hydrogens is 1020 g/mol. The molecule has 8 saturated heterocycles. The average molecular weight is 1060 g/mol. The minimum absolute atomic E-state index is 0.123. The lowest BCUT2D eigenvalue weighted by Crippen LogP contribution is -2.78. The van der Waals surface area contributed by atoms with E-state index in [1.165, 1.54) is 71.8 Å². The molecule has 0 N–H and O–H groups in total. The first kappa shape index (κ1) is 45.7. The molecule has 0 aliphatic carbocycles. The highest BCUT2D eigenvalue weighted by molar-refractivity contribution is 8.78. The minimum atomic E-state index is -4.77. The summed E-state index contributed by atoms with van der Waals surface area (Å²) in [6.45, 7) is 1.16. The molecule has 10 heterocycles. The number of likely N-dealkylation sites (N-methyl/N-ethyl adjacent to an activating group) is 2. The van der Waals surface area contributed by atoms with E-state index < -0.39 is 111 Å². The van der Waals surface area contributed by atoms with Gasteiger partial charge in [0.2, 0.25) is 9.74 Å². The normalized spacial score (nSPS) is 33.3. The third-order valence-electron chi connectivity index (χ3n) is 15.3. The lowest BCUT2D eigenvalue weighted by Gasteiger charge is -2.58. The average Bonchev–Trinajstić information content (AvgIpc) is 4.03. The fourth-order valence-corrected chi connectivity index (χ4v) is 23.1. The summed E-state index contributed by atoms with van der Waals surface area (Å²) in [4.78, 5) is 85.5. The minimum Gasteiger partial charge on any atom is -0.462 e. The topological polar surface area (TPSA) is 209 Å². The Morgan fingerprint density at radius 1 is 0.529 bits per heavy atom. The number of carbonyl (C=O) groups is 6. The van der Waals surface area contributed by atoms with Gasteiger partial charge in [-0.05, 0) is 69.1 Å². The van der Waals surface area contributed by atoms with Gasteiger partial charge in [0.15, 0.2) is 9.74 Å². The smallest absolute Gasteiger partial charge is 0.302 e. The molecule has 0 saturated carbocycles. The summed E-state index contributed by atoms with van der Waals surface area (Å²) in [7, 11) is -2.59. The van der Waals surface area contributed by atoms with Gasteiger partial charge in [-0.25, -0.2) is 25.4 Å². The van der Waals surface area contributed by atoms with E-state index >= 15 is 36.0 Å². The molecule has 4 aromatic carbocycles. The summed E-state index contributed by atoms with van der Waals surface area (Å²) in [6.07, 6.45) is -4.10. The predicted molar refractivity (Wildman–Crippen MR) is 259 cm³/mol. The zero-order chi connectivity index (χ0) is 49.3. The van der Waals surface area contributed by atoms with Crippen molar-refractivity contribution in [3.8, 4) is 0 Å². The van der Waals surface area contributed by atoms with Gasteiger partial charge in [-0.2, -0.15) is 0 Å². The summed E-state index contributed by atoms with van der Waals surface area (Å²) in [5.41, 5.74) is -2.94. The van der Waals surface area contributed by atoms with Crippen LogP contribution in [0.3, 0.4) is 0 Å². The number of ether oxygens (including phenoxy) is 2. The second kappa shape index (κ2) is 14.6. The molecule has 24 heteroatoms. The second-order valence-corrected chi connectivity index (χ2v) is 27.4. The molecule has 362 valence electrons. The first-order chi connectivity index (χ1) is 33.3. The van der Waals surface area contributed by atoms with Gasteiger partial charge in [-0.15, -0.1) is 0 Å². The zero-order valence-corrected chi connectivity index (χ0v) is 42.3. The number of rotatable bonds is 9. The van der Waals surface area contributed by atoms with E-state index in [0.29, 0.717) is 11.1 Å². The van der Waals surface area contributed by atoms with Crippen molar-refractivity contribution in [2.75, 3.05) is 35.9 Å². The van der Waals surface area contributed by atoms with Crippen molar-refractivity contribution in [2.24, 2.45) is 0 Å². The Balaban J connectivity index is 1.22. The fraction of sp³-hybridized carbons (Fsp3) is 0.348. The number of sulfonamides is 2. The summed E-state index contributed by atoms with van der Waals surface area (Å²) in [6, 6.07) is 28.5. The standard InChI is InChI=1S/C46H40N6O12S6/c1-27(53)63-25-45-39(57)49-35-41(23-43(49,65-67-45)37(55)47(45)3,31-19-11-13-21-33(31)51(35)69(59,60)29-15-7-5-8-16-29)42-24-44-38(56)48(4)46(68-66-44,26-64-28(2)54)40(58)50(44)36(42)52(34-22-14-12-20-32(34)42)70(61,62)30-17-9-6-10-18-30/h5-22,35-36H,23-26H2,1-4H3/t35-,36-,41-,42-,43-,44-,45-,46-/m0/s1. The highest BCUT2D eigenvalue weighted by Crippen LogP contribution is 2.80. The zero-order valence-electron chi connectivity index (χ0n) is 37.4. The van der Waals surface area contributed by atoms with Gasteiger partial charge in [0.1, 0.15) is 25.5 Å². The molecule has 10 aliphatic rings. The number of nitrogens with zero attached hydrogens (tertiary/aromatic N) is 6. The van der Waals surface area contributed by atoms with Crippen molar-refractivity contribution in [1.29, 1.82) is 0 Å². The lowest BCUT2D eigenvalue weighted by atomic mass is 9.54. The van der Waals surface area contributed by atoms with Crippen LogP contribution in [0, 0.1) is 0 Å². The molecular formula is C46H40N6O12S6. The molecule has 4 aromatic rings. The Hall–Kier alpha value is -5.40. The first-order valence-corrected chi connectivity index (χ1v) is 29.1. The number of piperazine rings is 2. The van der Waals surface area contributed by atoms with Crippen molar-refractivity contribution >= 4 is 110 Å². The Bertz CT molecular complexity index is 3090. The number of para-hydroxylation sites is 2. The third kappa shape index (κ3) is 5.11. The first-order valence-electron chi connectivity index (χ1n) is 21.9. The second-order valence-electron chi connectivity index (χ2n) is 18.4. The van der Waals surface area contributed by atoms with Crippen LogP contribution < -0.4 is 8.61 Å². The van der Waals surface area contributed by atoms with Crippen LogP contribution in [0.2, 0.25) is 0 Å². The Kier molecular flexibility index (Phi) is 9.54. The maximum Gasteiger partial charge on any atom is 0.302 e. The van der Waals surface area contributed by atoms with Crippen LogP contribution in [-0.4, -0.2) is 131 Å². The maximum atomic E-state index is 16.1. The van der Waals surface area contributed by atoms with E-state index in [-0.39, 0.29) is 34.0 Å². The van der Waals surface area contributed by atoms with E-state index in [1.807, 2.05) is 0 Å². The summed E-state index contributed by atoms with van der Waals surface area (Å²) >= 11 is 0. The largest absolute Gasteiger partial charge is 0.462 e. The van der Waals surface area contributed by atoms with Crippen molar-refractivity contribution in [1.82, 2.24) is 19.6 Å². The van der Waals surface area contributed by atoms with Gasteiger partial charge in [0.25, 0.3) is 43.7 Å². The molecule has 8 fully saturated rings. The number of hydrogen-bond acceptors (Lipinski definition) is 16. The number of amides is 4. The number of benzene rings is 4. The molecule has 0 aromatic heterocycles. The summed E-state index contributed by atoms with van der Waals surface area (Å²) in [5, 5.41) is 0. The van der Waals surface area contributed by atoms with Crippen LogP contribution >= 0.6 is 43.2 Å². The van der Waals surface area contributed by atoms with E-state index in [4.69, 9.17) is 9.47 Å². The Labute approximate surface area is 417 Å². The van der Waals surface area contributed by atoms with Gasteiger partial charge in [-0.3, -0.25) is 38.6 Å². The summed E-state index contributed by atoms with van der Waals surface area (Å²) < 4.78 is 76.9. The Morgan fingerprint density at radius 3 is 1.23 bits per heavy atom. The van der Waals surface area contributed by atoms with E-state index in [2.05, 4.69) is 0 Å². The molecule has 14 rings (SSSR count). The molecule has 70 heavy (non-hydrogen) atoms. The van der Waals surface area contributed by atoms with Crippen LogP contribution in [0.25, 0.3) is 0 Å². The van der Waals surface area contributed by atoms with Crippen LogP contribution in [0.15, 0.2) is 119 Å². The SMILES string of the molecule is CC(=O)OC[C@]12SS[C@@]3(C[C@]4([C@]56C[C@@]78SS[C@@](COC(C)=O)(C(=O)N7[C@H]5N(S(=O)(=O)c5ccccc5)c5ccccc56)N(C)C8=O)c5ccccc5N(S(=O)(=O)c5ccccc5)[C@@H]4N3C1=O)C(=O)N2C. The van der Waals surface area contributed by atoms with Crippen molar-refractivity contribution < 1.29 is 55.1 Å². The van der Waals surface area contributed by atoms with Crippen LogP contribution in [-0.2, 0) is 69.1 Å². The van der Waals surface area contributed by atoms with Crippen molar-refractivity contribution in [2.45, 2.75) is 79.1 Å². The van der Waals surface area contributed by atoms with Gasteiger partial charge in [-0.1, -0.05) is 94.4 Å². The van der Waals surface area contributed by atoms with Gasteiger partial charge < -0.3 is 19.3 Å². The van der Waals surface area contributed by atoms with Gasteiger partial charge in [0.05, 0.1) is 32.0 Å². The van der Waals surface area contributed by atoms with Crippen molar-refractivity contribution in [3.63, 3.8) is 0 Å². The van der Waals surface area contributed by atoms with Gasteiger partial charge in [0, 0.05) is 40.8 Å². The maximum absolute atomic E-state index is 16.1. The quantitative estimate of drug-likeness (QED) is 0.171. The van der Waals surface area contributed by atoms with Crippen LogP contribution in [0.4, 0.5) is 11.4 Å². The lowest BCUT2D eigenvalue weighted by molar-refractivity contribution is -0.170. The molecule has 10 aliphatic heterocycles. The predicted octanol–water partition coefficient (Wildman–Crippen LogP) is 4.04. The molecule has 8 atom stereocenters. The van der Waals surface area contributed by atoms with E-state index in [9.17, 15) is 9.59 Å². The van der Waals surface area contributed by atoms with E-state index in [1.54, 1.807) is 84.9 Å². The highest BCUT2D eigenvalue weighted by Gasteiger charge is 2.90. The molecule has 2 spiro atoms. The number of carbonyl (C=O) groups excluding carboxylic acids is 6. The number of esters is 2. The molecule has 18 nitrogen and oxygen atoms in total. The molecule has 4 amide bonds. The van der Waals surface area contributed by atoms with Crippen molar-refractivity contribution in [3.05, 3.63) is 120 Å². The van der Waals surface area contributed by atoms with Crippen LogP contribution in [0.1, 0.15) is 37.8 Å². The highest BCUT2D eigenvalue weighted by atomic mass is 33.1. The number of hydrogen-bond donors (Lipinski definition) is 0. The monoisotopic (exact) mass is 1060 g/mol. The molecule has 0 unspecified atom stereocenters. The third-order valence-corrected chi connectivity index (χ3v) is 26.1.